The normalized spacial score (nSPS) is 17.5. The number of thiocarbonyl (C=S) groups is 1. The summed E-state index contributed by atoms with van der Waals surface area (Å²) in [7, 11) is 0. The van der Waals surface area contributed by atoms with Gasteiger partial charge in [-0.05, 0) is 49.8 Å². The fourth-order valence-corrected chi connectivity index (χ4v) is 5.79. The fourth-order valence-electron chi connectivity index (χ4n) is 4.55. The van der Waals surface area contributed by atoms with E-state index in [2.05, 4.69) is 11.0 Å². The number of carbonyl (C=O) groups excluding carboxylic acids is 1. The van der Waals surface area contributed by atoms with E-state index in [0.29, 0.717) is 27.9 Å². The number of aromatic nitrogens is 1. The Hall–Kier alpha value is -2.89. The van der Waals surface area contributed by atoms with Gasteiger partial charge in [0.05, 0.1) is 11.4 Å². The van der Waals surface area contributed by atoms with Gasteiger partial charge in [-0.1, -0.05) is 61.2 Å². The SMILES string of the molecule is CCCn1c(N2CCCCC2)c(C=C2SC(=S)N(Cc3ccccc3)C2=O)c(C)c(C#N)c1=O. The van der Waals surface area contributed by atoms with Gasteiger partial charge in [-0.25, -0.2) is 0 Å². The molecule has 0 spiro atoms. The van der Waals surface area contributed by atoms with Crippen molar-refractivity contribution in [2.24, 2.45) is 0 Å². The Balaban J connectivity index is 1.82. The average molecular weight is 493 g/mol. The third kappa shape index (κ3) is 4.68. The Kier molecular flexibility index (Phi) is 7.54. The van der Waals surface area contributed by atoms with Crippen molar-refractivity contribution in [1.29, 1.82) is 5.26 Å². The summed E-state index contributed by atoms with van der Waals surface area (Å²) in [4.78, 5) is 31.0. The van der Waals surface area contributed by atoms with Crippen molar-refractivity contribution in [1.82, 2.24) is 9.47 Å². The van der Waals surface area contributed by atoms with Gasteiger partial charge in [0.1, 0.15) is 21.8 Å². The summed E-state index contributed by atoms with van der Waals surface area (Å²) in [5.74, 6) is 0.672. The minimum Gasteiger partial charge on any atom is -0.357 e. The van der Waals surface area contributed by atoms with E-state index in [0.717, 1.165) is 55.7 Å². The number of pyridine rings is 1. The molecule has 2 fully saturated rings. The van der Waals surface area contributed by atoms with Gasteiger partial charge in [-0.3, -0.25) is 19.1 Å². The van der Waals surface area contributed by atoms with Crippen LogP contribution in [-0.4, -0.2) is 32.8 Å². The van der Waals surface area contributed by atoms with Gasteiger partial charge in [-0.2, -0.15) is 5.26 Å². The number of nitrogens with zero attached hydrogens (tertiary/aromatic N) is 4. The van der Waals surface area contributed by atoms with E-state index < -0.39 is 0 Å². The molecule has 2 aliphatic rings. The van der Waals surface area contributed by atoms with Crippen molar-refractivity contribution in [2.45, 2.75) is 52.6 Å². The van der Waals surface area contributed by atoms with Crippen LogP contribution in [0.3, 0.4) is 0 Å². The van der Waals surface area contributed by atoms with Gasteiger partial charge in [0.25, 0.3) is 11.5 Å². The van der Waals surface area contributed by atoms with E-state index in [1.807, 2.05) is 43.3 Å². The van der Waals surface area contributed by atoms with Gasteiger partial charge in [-0.15, -0.1) is 0 Å². The topological polar surface area (TPSA) is 69.3 Å². The molecular formula is C26H28N4O2S2. The van der Waals surface area contributed by atoms with Crippen molar-refractivity contribution in [3.05, 3.63) is 67.8 Å². The van der Waals surface area contributed by atoms with Crippen LogP contribution in [0.15, 0.2) is 40.0 Å². The second-order valence-corrected chi connectivity index (χ2v) is 10.3. The molecule has 34 heavy (non-hydrogen) atoms. The summed E-state index contributed by atoms with van der Waals surface area (Å²) in [6.45, 7) is 6.47. The van der Waals surface area contributed by atoms with E-state index in [1.165, 1.54) is 11.8 Å². The quantitative estimate of drug-likeness (QED) is 0.425. The number of benzene rings is 1. The molecule has 0 saturated carbocycles. The van der Waals surface area contributed by atoms with Crippen LogP contribution in [0.2, 0.25) is 0 Å². The molecule has 176 valence electrons. The van der Waals surface area contributed by atoms with Crippen molar-refractivity contribution in [3.63, 3.8) is 0 Å². The molecular weight excluding hydrogens is 464 g/mol. The summed E-state index contributed by atoms with van der Waals surface area (Å²) in [6, 6.07) is 11.9. The lowest BCUT2D eigenvalue weighted by Gasteiger charge is -2.33. The number of rotatable bonds is 6. The maximum Gasteiger partial charge on any atom is 0.270 e. The zero-order valence-electron chi connectivity index (χ0n) is 19.5. The Labute approximate surface area is 209 Å². The molecule has 0 radical (unpaired) electrons. The number of thioether (sulfide) groups is 1. The minimum absolute atomic E-state index is 0.139. The average Bonchev–Trinajstić information content (AvgIpc) is 3.11. The number of hydrogen-bond donors (Lipinski definition) is 0. The van der Waals surface area contributed by atoms with Gasteiger partial charge in [0, 0.05) is 25.2 Å². The third-order valence-corrected chi connectivity index (χ3v) is 7.66. The lowest BCUT2D eigenvalue weighted by Crippen LogP contribution is -2.37. The fraction of sp³-hybridized carbons (Fsp3) is 0.385. The predicted molar refractivity (Wildman–Crippen MR) is 142 cm³/mol. The van der Waals surface area contributed by atoms with Crippen LogP contribution < -0.4 is 10.5 Å². The molecule has 8 heteroatoms. The zero-order valence-corrected chi connectivity index (χ0v) is 21.2. The van der Waals surface area contributed by atoms with Crippen molar-refractivity contribution in [3.8, 4) is 6.07 Å². The molecule has 6 nitrogen and oxygen atoms in total. The molecule has 0 aliphatic carbocycles. The first-order valence-electron chi connectivity index (χ1n) is 11.7. The minimum atomic E-state index is -0.254. The maximum absolute atomic E-state index is 13.4. The van der Waals surface area contributed by atoms with Crippen LogP contribution in [0.5, 0.6) is 0 Å². The second kappa shape index (κ2) is 10.6. The molecule has 0 N–H and O–H groups in total. The molecule has 1 amide bonds. The van der Waals surface area contributed by atoms with Gasteiger partial charge in [0.15, 0.2) is 0 Å². The lowest BCUT2D eigenvalue weighted by atomic mass is 10.0. The van der Waals surface area contributed by atoms with E-state index >= 15 is 0 Å². The van der Waals surface area contributed by atoms with E-state index in [1.54, 1.807) is 16.4 Å². The van der Waals surface area contributed by atoms with Crippen LogP contribution >= 0.6 is 24.0 Å². The monoisotopic (exact) mass is 492 g/mol. The standard InChI is InChI=1S/C26H28N4O2S2/c1-3-12-29-23(28-13-8-5-9-14-28)20(18(2)21(16-27)24(29)31)15-22-25(32)30(26(33)34-22)17-19-10-6-4-7-11-19/h4,6-7,10-11,15H,3,5,8-9,12-14,17H2,1-2H3. The first kappa shape index (κ1) is 24.2. The van der Waals surface area contributed by atoms with Gasteiger partial charge in [0.2, 0.25) is 0 Å². The number of anilines is 1. The van der Waals surface area contributed by atoms with Crippen LogP contribution in [0, 0.1) is 18.3 Å². The molecule has 0 bridgehead atoms. The Morgan fingerprint density at radius 3 is 2.50 bits per heavy atom. The molecule has 3 heterocycles. The first-order valence-corrected chi connectivity index (χ1v) is 12.9. The molecule has 1 aromatic carbocycles. The third-order valence-electron chi connectivity index (χ3n) is 6.28. The number of nitriles is 1. The largest absolute Gasteiger partial charge is 0.357 e. The van der Waals surface area contributed by atoms with Gasteiger partial charge >= 0.3 is 0 Å². The van der Waals surface area contributed by atoms with Crippen LogP contribution in [0.25, 0.3) is 6.08 Å². The number of amides is 1. The summed E-state index contributed by atoms with van der Waals surface area (Å²) >= 11 is 6.82. The molecule has 4 rings (SSSR count). The molecule has 2 saturated heterocycles. The number of carbonyl (C=O) groups is 1. The van der Waals surface area contributed by atoms with Crippen LogP contribution in [0.4, 0.5) is 5.82 Å². The molecule has 0 atom stereocenters. The second-order valence-electron chi connectivity index (χ2n) is 8.61. The highest BCUT2D eigenvalue weighted by atomic mass is 32.2. The summed E-state index contributed by atoms with van der Waals surface area (Å²) in [6.07, 6.45) is 5.89. The molecule has 2 aromatic rings. The number of piperidine rings is 1. The Bertz CT molecular complexity index is 1240. The summed E-state index contributed by atoms with van der Waals surface area (Å²) in [5, 5.41) is 9.78. The molecule has 0 unspecified atom stereocenters. The highest BCUT2D eigenvalue weighted by Gasteiger charge is 2.33. The van der Waals surface area contributed by atoms with E-state index in [4.69, 9.17) is 12.2 Å². The van der Waals surface area contributed by atoms with Crippen molar-refractivity contribution < 1.29 is 4.79 Å². The first-order chi connectivity index (χ1) is 16.5. The van der Waals surface area contributed by atoms with E-state index in [-0.39, 0.29) is 17.0 Å². The van der Waals surface area contributed by atoms with E-state index in [9.17, 15) is 14.9 Å². The van der Waals surface area contributed by atoms with Crippen molar-refractivity contribution >= 4 is 46.1 Å². The summed E-state index contributed by atoms with van der Waals surface area (Å²) < 4.78 is 2.24. The van der Waals surface area contributed by atoms with Crippen LogP contribution in [-0.2, 0) is 17.9 Å². The lowest BCUT2D eigenvalue weighted by molar-refractivity contribution is -0.122. The zero-order chi connectivity index (χ0) is 24.2. The van der Waals surface area contributed by atoms with Crippen LogP contribution in [0.1, 0.15) is 54.9 Å². The molecule has 2 aliphatic heterocycles. The highest BCUT2D eigenvalue weighted by molar-refractivity contribution is 8.26. The smallest absolute Gasteiger partial charge is 0.270 e. The maximum atomic E-state index is 13.4. The van der Waals surface area contributed by atoms with Crippen molar-refractivity contribution in [2.75, 3.05) is 18.0 Å². The predicted octanol–water partition coefficient (Wildman–Crippen LogP) is 4.83. The van der Waals surface area contributed by atoms with Gasteiger partial charge < -0.3 is 4.90 Å². The molecule has 1 aromatic heterocycles. The summed E-state index contributed by atoms with van der Waals surface area (Å²) in [5.41, 5.74) is 2.28. The highest BCUT2D eigenvalue weighted by Crippen LogP contribution is 2.37. The number of hydrogen-bond acceptors (Lipinski definition) is 6. The Morgan fingerprint density at radius 2 is 1.85 bits per heavy atom. The Morgan fingerprint density at radius 1 is 1.15 bits per heavy atom.